The van der Waals surface area contributed by atoms with Crippen molar-refractivity contribution in [1.29, 1.82) is 0 Å². The molecular weight excluding hydrogens is 336 g/mol. The fourth-order valence-electron chi connectivity index (χ4n) is 2.58. The van der Waals surface area contributed by atoms with Gasteiger partial charge in [-0.3, -0.25) is 0 Å². The normalized spacial score (nSPS) is 16.0. The molecule has 2 aromatic rings. The first-order valence-electron chi connectivity index (χ1n) is 8.60. The molecule has 1 fully saturated rings. The van der Waals surface area contributed by atoms with Gasteiger partial charge in [0.2, 0.25) is 0 Å². The van der Waals surface area contributed by atoms with E-state index in [1.165, 1.54) is 6.20 Å². The molecule has 1 aliphatic carbocycles. The van der Waals surface area contributed by atoms with Gasteiger partial charge in [0.15, 0.2) is 0 Å². The molecule has 0 amide bonds. The van der Waals surface area contributed by atoms with E-state index in [9.17, 15) is 9.59 Å². The molecule has 1 heterocycles. The van der Waals surface area contributed by atoms with Crippen LogP contribution in [0.25, 0.3) is 0 Å². The standard InChI is InChI=1S/C19H22N2O5/c1-13(2)24-18(23)26-19(9-10-19)25-17(22)16-11-20-12-21(16)14(3)15-7-5-4-6-8-15/h4-8,11-14H,9-10H2,1-3H3/t14-/m1/s1. The Morgan fingerprint density at radius 2 is 1.81 bits per heavy atom. The number of rotatable bonds is 6. The van der Waals surface area contributed by atoms with Crippen molar-refractivity contribution < 1.29 is 23.8 Å². The molecule has 1 saturated carbocycles. The van der Waals surface area contributed by atoms with Crippen molar-refractivity contribution in [2.75, 3.05) is 0 Å². The zero-order valence-electron chi connectivity index (χ0n) is 15.0. The van der Waals surface area contributed by atoms with E-state index in [0.29, 0.717) is 18.5 Å². The Bertz CT molecular complexity index is 780. The zero-order chi connectivity index (χ0) is 18.7. The largest absolute Gasteiger partial charge is 0.511 e. The summed E-state index contributed by atoms with van der Waals surface area (Å²) >= 11 is 0. The minimum Gasteiger partial charge on any atom is -0.431 e. The summed E-state index contributed by atoms with van der Waals surface area (Å²) in [5.41, 5.74) is 1.34. The number of aromatic nitrogens is 2. The Kier molecular flexibility index (Phi) is 4.97. The molecule has 0 bridgehead atoms. The molecule has 0 unspecified atom stereocenters. The molecule has 1 aromatic heterocycles. The number of hydrogen-bond donors (Lipinski definition) is 0. The molecule has 0 radical (unpaired) electrons. The predicted octanol–water partition coefficient (Wildman–Crippen LogP) is 3.70. The van der Waals surface area contributed by atoms with E-state index in [2.05, 4.69) is 4.98 Å². The van der Waals surface area contributed by atoms with Gasteiger partial charge in [0.1, 0.15) is 5.69 Å². The number of carbonyl (C=O) groups excluding carboxylic acids is 2. The number of imidazole rings is 1. The maximum atomic E-state index is 12.6. The van der Waals surface area contributed by atoms with Gasteiger partial charge in [0.05, 0.1) is 24.7 Å². The molecule has 3 rings (SSSR count). The van der Waals surface area contributed by atoms with E-state index in [4.69, 9.17) is 14.2 Å². The third kappa shape index (κ3) is 4.04. The summed E-state index contributed by atoms with van der Waals surface area (Å²) in [6, 6.07) is 9.68. The number of nitrogens with zero attached hydrogens (tertiary/aromatic N) is 2. The molecule has 7 heteroatoms. The Balaban J connectivity index is 1.70. The van der Waals surface area contributed by atoms with Crippen LogP contribution in [-0.2, 0) is 14.2 Å². The minimum atomic E-state index is -1.23. The first-order valence-corrected chi connectivity index (χ1v) is 8.60. The smallest absolute Gasteiger partial charge is 0.431 e. The third-order valence-electron chi connectivity index (χ3n) is 4.11. The van der Waals surface area contributed by atoms with Crippen LogP contribution in [0.1, 0.15) is 55.7 Å². The highest BCUT2D eigenvalue weighted by Gasteiger charge is 2.52. The van der Waals surface area contributed by atoms with Gasteiger partial charge >= 0.3 is 12.1 Å². The third-order valence-corrected chi connectivity index (χ3v) is 4.11. The summed E-state index contributed by atoms with van der Waals surface area (Å²) < 4.78 is 17.3. The van der Waals surface area contributed by atoms with Crippen LogP contribution in [0.5, 0.6) is 0 Å². The van der Waals surface area contributed by atoms with Crippen LogP contribution < -0.4 is 0 Å². The van der Waals surface area contributed by atoms with Gasteiger partial charge in [-0.05, 0) is 26.3 Å². The second kappa shape index (κ2) is 7.19. The first-order chi connectivity index (χ1) is 12.4. The van der Waals surface area contributed by atoms with Crippen LogP contribution >= 0.6 is 0 Å². The van der Waals surface area contributed by atoms with Crippen LogP contribution in [-0.4, -0.2) is 33.6 Å². The van der Waals surface area contributed by atoms with Gasteiger partial charge in [0.25, 0.3) is 5.79 Å². The molecule has 0 spiro atoms. The molecule has 1 atom stereocenters. The van der Waals surface area contributed by atoms with Gasteiger partial charge < -0.3 is 18.8 Å². The average molecular weight is 358 g/mol. The summed E-state index contributed by atoms with van der Waals surface area (Å²) in [6.07, 6.45) is 2.80. The van der Waals surface area contributed by atoms with E-state index in [0.717, 1.165) is 5.56 Å². The van der Waals surface area contributed by atoms with E-state index in [1.54, 1.807) is 24.7 Å². The van der Waals surface area contributed by atoms with Crippen molar-refractivity contribution in [3.8, 4) is 0 Å². The van der Waals surface area contributed by atoms with Crippen molar-refractivity contribution in [1.82, 2.24) is 9.55 Å². The van der Waals surface area contributed by atoms with Crippen molar-refractivity contribution in [2.45, 2.75) is 51.5 Å². The molecule has 0 saturated heterocycles. The molecule has 1 aromatic carbocycles. The molecular formula is C19H22N2O5. The SMILES string of the molecule is CC(C)OC(=O)OC1(OC(=O)c2cncn2[C@H](C)c2ccccc2)CC1. The Morgan fingerprint density at radius 1 is 1.12 bits per heavy atom. The van der Waals surface area contributed by atoms with Gasteiger partial charge in [-0.1, -0.05) is 30.3 Å². The molecule has 7 nitrogen and oxygen atoms in total. The van der Waals surface area contributed by atoms with Crippen molar-refractivity contribution >= 4 is 12.1 Å². The van der Waals surface area contributed by atoms with Crippen LogP contribution in [0.2, 0.25) is 0 Å². The fraction of sp³-hybridized carbons (Fsp3) is 0.421. The Labute approximate surface area is 151 Å². The van der Waals surface area contributed by atoms with Crippen molar-refractivity contribution in [3.05, 3.63) is 54.1 Å². The molecule has 26 heavy (non-hydrogen) atoms. The lowest BCUT2D eigenvalue weighted by Crippen LogP contribution is -2.29. The summed E-state index contributed by atoms with van der Waals surface area (Å²) in [5.74, 6) is -1.81. The van der Waals surface area contributed by atoms with Crippen molar-refractivity contribution in [3.63, 3.8) is 0 Å². The summed E-state index contributed by atoms with van der Waals surface area (Å²) in [7, 11) is 0. The van der Waals surface area contributed by atoms with Crippen LogP contribution in [0.15, 0.2) is 42.9 Å². The number of ether oxygens (including phenoxy) is 3. The minimum absolute atomic E-state index is 0.0942. The summed E-state index contributed by atoms with van der Waals surface area (Å²) in [4.78, 5) is 28.4. The highest BCUT2D eigenvalue weighted by atomic mass is 16.8. The topological polar surface area (TPSA) is 79.7 Å². The van der Waals surface area contributed by atoms with Gasteiger partial charge in [-0.15, -0.1) is 0 Å². The molecule has 0 N–H and O–H groups in total. The lowest BCUT2D eigenvalue weighted by Gasteiger charge is -2.20. The van der Waals surface area contributed by atoms with Crippen molar-refractivity contribution in [2.24, 2.45) is 0 Å². The fourth-order valence-corrected chi connectivity index (χ4v) is 2.58. The molecule has 1 aliphatic rings. The molecule has 0 aliphatic heterocycles. The number of hydrogen-bond acceptors (Lipinski definition) is 6. The van der Waals surface area contributed by atoms with Gasteiger partial charge in [-0.2, -0.15) is 0 Å². The molecule has 138 valence electrons. The number of carbonyl (C=O) groups is 2. The Morgan fingerprint density at radius 3 is 2.42 bits per heavy atom. The van der Waals surface area contributed by atoms with E-state index < -0.39 is 17.9 Å². The Hall–Kier alpha value is -2.83. The summed E-state index contributed by atoms with van der Waals surface area (Å²) in [6.45, 7) is 5.41. The van der Waals surface area contributed by atoms with Gasteiger partial charge in [0, 0.05) is 12.8 Å². The van der Waals surface area contributed by atoms with E-state index in [1.807, 2.05) is 37.3 Å². The lowest BCUT2D eigenvalue weighted by atomic mass is 10.1. The van der Waals surface area contributed by atoms with Crippen LogP contribution in [0, 0.1) is 0 Å². The maximum Gasteiger partial charge on any atom is 0.511 e. The number of benzene rings is 1. The van der Waals surface area contributed by atoms with E-state index in [-0.39, 0.29) is 12.1 Å². The maximum absolute atomic E-state index is 12.6. The zero-order valence-corrected chi connectivity index (χ0v) is 15.0. The number of esters is 1. The lowest BCUT2D eigenvalue weighted by molar-refractivity contribution is -0.116. The van der Waals surface area contributed by atoms with E-state index >= 15 is 0 Å². The first kappa shape index (κ1) is 18.0. The van der Waals surface area contributed by atoms with Crippen LogP contribution in [0.3, 0.4) is 0 Å². The quantitative estimate of drug-likeness (QED) is 0.579. The highest BCUT2D eigenvalue weighted by molar-refractivity contribution is 5.88. The van der Waals surface area contributed by atoms with Gasteiger partial charge in [-0.25, -0.2) is 14.6 Å². The summed E-state index contributed by atoms with van der Waals surface area (Å²) in [5, 5.41) is 0. The monoisotopic (exact) mass is 358 g/mol. The second-order valence-corrected chi connectivity index (χ2v) is 6.59. The predicted molar refractivity (Wildman–Crippen MR) is 92.6 cm³/mol. The average Bonchev–Trinajstić information content (AvgIpc) is 3.16. The second-order valence-electron chi connectivity index (χ2n) is 6.59. The highest BCUT2D eigenvalue weighted by Crippen LogP contribution is 2.42. The van der Waals surface area contributed by atoms with Crippen LogP contribution in [0.4, 0.5) is 4.79 Å².